The van der Waals surface area contributed by atoms with E-state index in [0.717, 1.165) is 43.5 Å². The maximum Gasteiger partial charge on any atom is 0.255 e. The third-order valence-electron chi connectivity index (χ3n) is 6.71. The number of hydrogen-bond donors (Lipinski definition) is 1. The second kappa shape index (κ2) is 10.7. The number of anilines is 1. The van der Waals surface area contributed by atoms with E-state index in [2.05, 4.69) is 5.32 Å². The molecule has 0 unspecified atom stereocenters. The molecule has 2 amide bonds. The fraction of sp³-hybridized carbons (Fsp3) is 0.462. The van der Waals surface area contributed by atoms with Gasteiger partial charge in [-0.3, -0.25) is 9.59 Å². The molecule has 34 heavy (non-hydrogen) atoms. The fourth-order valence-electron chi connectivity index (χ4n) is 4.78. The first-order valence-corrected chi connectivity index (χ1v) is 13.7. The van der Waals surface area contributed by atoms with Crippen molar-refractivity contribution in [3.63, 3.8) is 0 Å². The number of nitrogens with zero attached hydrogens (tertiary/aromatic N) is 2. The van der Waals surface area contributed by atoms with E-state index in [9.17, 15) is 18.0 Å². The fourth-order valence-corrected chi connectivity index (χ4v) is 6.33. The summed E-state index contributed by atoms with van der Waals surface area (Å²) in [6.07, 6.45) is 4.07. The Morgan fingerprint density at radius 3 is 2.35 bits per heavy atom. The summed E-state index contributed by atoms with van der Waals surface area (Å²) in [5.41, 5.74) is 2.84. The van der Waals surface area contributed by atoms with Crippen LogP contribution in [0.2, 0.25) is 0 Å². The molecule has 2 saturated heterocycles. The van der Waals surface area contributed by atoms with Crippen molar-refractivity contribution in [2.24, 2.45) is 5.92 Å². The van der Waals surface area contributed by atoms with Gasteiger partial charge in [-0.25, -0.2) is 12.7 Å². The summed E-state index contributed by atoms with van der Waals surface area (Å²) >= 11 is 0. The summed E-state index contributed by atoms with van der Waals surface area (Å²) < 4.78 is 27.3. The first-order valence-electron chi connectivity index (χ1n) is 12.1. The largest absolute Gasteiger partial charge is 0.339 e. The molecule has 0 saturated carbocycles. The maximum atomic E-state index is 13.0. The van der Waals surface area contributed by atoms with E-state index < -0.39 is 10.0 Å². The highest BCUT2D eigenvalue weighted by molar-refractivity contribution is 7.88. The number of sulfonamides is 1. The molecular weight excluding hydrogens is 450 g/mol. The van der Waals surface area contributed by atoms with Crippen LogP contribution in [0.25, 0.3) is 0 Å². The molecule has 0 bridgehead atoms. The van der Waals surface area contributed by atoms with Crippen LogP contribution in [0.5, 0.6) is 0 Å². The van der Waals surface area contributed by atoms with Crippen LogP contribution >= 0.6 is 0 Å². The Labute approximate surface area is 202 Å². The van der Waals surface area contributed by atoms with Crippen LogP contribution < -0.4 is 5.32 Å². The average Bonchev–Trinajstić information content (AvgIpc) is 2.84. The number of para-hydroxylation sites is 1. The number of likely N-dealkylation sites (tertiary alicyclic amines) is 1. The van der Waals surface area contributed by atoms with E-state index in [4.69, 9.17) is 0 Å². The normalized spacial score (nSPS) is 18.0. The molecule has 0 aromatic heterocycles. The second-order valence-corrected chi connectivity index (χ2v) is 11.3. The molecule has 1 N–H and O–H groups in total. The zero-order valence-electron chi connectivity index (χ0n) is 19.7. The second-order valence-electron chi connectivity index (χ2n) is 9.31. The van der Waals surface area contributed by atoms with Gasteiger partial charge in [0.2, 0.25) is 15.9 Å². The van der Waals surface area contributed by atoms with Gasteiger partial charge in [-0.2, -0.15) is 0 Å². The molecule has 0 spiro atoms. The first-order chi connectivity index (χ1) is 16.3. The predicted molar refractivity (Wildman–Crippen MR) is 133 cm³/mol. The molecule has 2 aliphatic rings. The lowest BCUT2D eigenvalue weighted by Crippen LogP contribution is -2.42. The van der Waals surface area contributed by atoms with Crippen molar-refractivity contribution in [1.29, 1.82) is 0 Å². The Hall–Kier alpha value is -2.71. The van der Waals surface area contributed by atoms with Crippen molar-refractivity contribution in [3.05, 3.63) is 65.2 Å². The number of benzene rings is 2. The molecular formula is C26H33N3O4S. The minimum absolute atomic E-state index is 0.0302. The summed E-state index contributed by atoms with van der Waals surface area (Å²) in [5, 5.41) is 2.95. The van der Waals surface area contributed by atoms with Crippen molar-refractivity contribution in [2.45, 2.75) is 44.8 Å². The van der Waals surface area contributed by atoms with E-state index in [1.807, 2.05) is 48.2 Å². The van der Waals surface area contributed by atoms with Crippen LogP contribution in [0.15, 0.2) is 48.5 Å². The van der Waals surface area contributed by atoms with Crippen molar-refractivity contribution < 1.29 is 18.0 Å². The lowest BCUT2D eigenvalue weighted by molar-refractivity contribution is -0.120. The minimum atomic E-state index is -3.44. The molecule has 7 nitrogen and oxygen atoms in total. The average molecular weight is 484 g/mol. The van der Waals surface area contributed by atoms with E-state index in [1.54, 1.807) is 12.1 Å². The molecule has 2 fully saturated rings. The van der Waals surface area contributed by atoms with Crippen LogP contribution in [0.4, 0.5) is 5.69 Å². The molecule has 4 rings (SSSR count). The molecule has 2 aromatic rings. The van der Waals surface area contributed by atoms with Gasteiger partial charge in [0.1, 0.15) is 0 Å². The molecule has 182 valence electrons. The van der Waals surface area contributed by atoms with E-state index in [-0.39, 0.29) is 23.5 Å². The van der Waals surface area contributed by atoms with Crippen molar-refractivity contribution in [3.8, 4) is 0 Å². The molecule has 0 aliphatic carbocycles. The number of aryl methyl sites for hydroxylation is 1. The lowest BCUT2D eigenvalue weighted by Gasteiger charge is -2.31. The van der Waals surface area contributed by atoms with Gasteiger partial charge in [-0.1, -0.05) is 42.0 Å². The summed E-state index contributed by atoms with van der Waals surface area (Å²) in [7, 11) is -3.44. The number of rotatable bonds is 6. The van der Waals surface area contributed by atoms with Crippen LogP contribution in [0.3, 0.4) is 0 Å². The van der Waals surface area contributed by atoms with Crippen LogP contribution in [-0.4, -0.2) is 55.6 Å². The van der Waals surface area contributed by atoms with Crippen LogP contribution in [0.1, 0.15) is 53.6 Å². The third kappa shape index (κ3) is 5.85. The van der Waals surface area contributed by atoms with Crippen molar-refractivity contribution >= 4 is 27.5 Å². The molecule has 8 heteroatoms. The monoisotopic (exact) mass is 483 g/mol. The number of amides is 2. The zero-order chi connectivity index (χ0) is 24.1. The number of piperidine rings is 2. The van der Waals surface area contributed by atoms with Gasteiger partial charge in [0.25, 0.3) is 5.91 Å². The Balaban J connectivity index is 1.36. The SMILES string of the molecule is Cc1cccc(CS(=O)(=O)N2CCC(C(=O)Nc3ccccc3C(=O)N3CCCCC3)CC2)c1. The Bertz CT molecular complexity index is 1130. The highest BCUT2D eigenvalue weighted by Crippen LogP contribution is 2.25. The van der Waals surface area contributed by atoms with Crippen LogP contribution in [-0.2, 0) is 20.6 Å². The zero-order valence-corrected chi connectivity index (χ0v) is 20.5. The maximum absolute atomic E-state index is 13.0. The number of carbonyl (C=O) groups excluding carboxylic acids is 2. The standard InChI is InChI=1S/C26H33N3O4S/c1-20-8-7-9-21(18-20)19-34(32,33)29-16-12-22(13-17-29)25(30)27-24-11-4-3-10-23(24)26(31)28-14-5-2-6-15-28/h3-4,7-11,18,22H,2,5-6,12-17,19H2,1H3,(H,27,30). The van der Waals surface area contributed by atoms with Crippen molar-refractivity contribution in [2.75, 3.05) is 31.5 Å². The van der Waals surface area contributed by atoms with E-state index in [1.165, 1.54) is 4.31 Å². The minimum Gasteiger partial charge on any atom is -0.339 e. The van der Waals surface area contributed by atoms with Gasteiger partial charge < -0.3 is 10.2 Å². The Morgan fingerprint density at radius 1 is 0.941 bits per heavy atom. The molecule has 2 heterocycles. The van der Waals surface area contributed by atoms with Crippen molar-refractivity contribution in [1.82, 2.24) is 9.21 Å². The van der Waals surface area contributed by atoms with Gasteiger partial charge in [0.05, 0.1) is 17.0 Å². The molecule has 0 atom stereocenters. The summed E-state index contributed by atoms with van der Waals surface area (Å²) in [6, 6.07) is 14.7. The Morgan fingerprint density at radius 2 is 1.65 bits per heavy atom. The lowest BCUT2D eigenvalue weighted by atomic mass is 9.97. The topological polar surface area (TPSA) is 86.8 Å². The number of carbonyl (C=O) groups is 2. The van der Waals surface area contributed by atoms with Gasteiger partial charge in [0, 0.05) is 32.1 Å². The van der Waals surface area contributed by atoms with Gasteiger partial charge >= 0.3 is 0 Å². The van der Waals surface area contributed by atoms with Gasteiger partial charge in [-0.05, 0) is 56.7 Å². The molecule has 0 radical (unpaired) electrons. The quantitative estimate of drug-likeness (QED) is 0.677. The predicted octanol–water partition coefficient (Wildman–Crippen LogP) is 3.80. The third-order valence-corrected chi connectivity index (χ3v) is 8.56. The highest BCUT2D eigenvalue weighted by atomic mass is 32.2. The smallest absolute Gasteiger partial charge is 0.255 e. The van der Waals surface area contributed by atoms with Crippen LogP contribution in [0, 0.1) is 12.8 Å². The summed E-state index contributed by atoms with van der Waals surface area (Å²) in [6.45, 7) is 4.08. The number of nitrogens with one attached hydrogen (secondary N) is 1. The first kappa shape index (κ1) is 24.4. The Kier molecular flexibility index (Phi) is 7.68. The van der Waals surface area contributed by atoms with E-state index in [0.29, 0.717) is 37.2 Å². The summed E-state index contributed by atoms with van der Waals surface area (Å²) in [5.74, 6) is -0.525. The highest BCUT2D eigenvalue weighted by Gasteiger charge is 2.32. The van der Waals surface area contributed by atoms with Gasteiger partial charge in [0.15, 0.2) is 0 Å². The van der Waals surface area contributed by atoms with Gasteiger partial charge in [-0.15, -0.1) is 0 Å². The molecule has 2 aliphatic heterocycles. The summed E-state index contributed by atoms with van der Waals surface area (Å²) in [4.78, 5) is 27.9. The van der Waals surface area contributed by atoms with E-state index >= 15 is 0 Å². The number of hydrogen-bond acceptors (Lipinski definition) is 4. The molecule has 2 aromatic carbocycles.